The average Bonchev–Trinajstić information content (AvgIpc) is 3.00. The molecule has 1 aliphatic heterocycles. The van der Waals surface area contributed by atoms with E-state index in [4.69, 9.17) is 4.74 Å². The highest BCUT2D eigenvalue weighted by Gasteiger charge is 2.40. The Bertz CT molecular complexity index is 594. The van der Waals surface area contributed by atoms with Crippen LogP contribution in [0.5, 0.6) is 5.88 Å². The van der Waals surface area contributed by atoms with Gasteiger partial charge in [-0.15, -0.1) is 0 Å². The van der Waals surface area contributed by atoms with Crippen LogP contribution >= 0.6 is 0 Å². The first-order valence-electron chi connectivity index (χ1n) is 8.63. The van der Waals surface area contributed by atoms with Crippen LogP contribution in [-0.4, -0.2) is 35.9 Å². The van der Waals surface area contributed by atoms with Gasteiger partial charge in [0.2, 0.25) is 5.88 Å². The first-order chi connectivity index (χ1) is 12.0. The second-order valence-electron chi connectivity index (χ2n) is 6.64. The third-order valence-electron chi connectivity index (χ3n) is 4.81. The van der Waals surface area contributed by atoms with E-state index in [0.29, 0.717) is 12.2 Å². The summed E-state index contributed by atoms with van der Waals surface area (Å²) in [4.78, 5) is 15.8. The Labute approximate surface area is 145 Å². The Kier molecular flexibility index (Phi) is 5.67. The lowest BCUT2D eigenvalue weighted by Crippen LogP contribution is -2.49. The standard InChI is InChI=1S/C17H23F2N3O3/c18-15(19)25-14-9-12(3-7-20-14)11-21-16(23)22-13-4-8-24-17(10-13)5-1-2-6-17/h3,7,9,13,15H,1-2,4-6,8,10-11H2,(H2,21,22,23)/t13-/m0/s1. The minimum atomic E-state index is -2.92. The summed E-state index contributed by atoms with van der Waals surface area (Å²) in [7, 11) is 0. The Balaban J connectivity index is 1.46. The molecule has 0 radical (unpaired) electrons. The van der Waals surface area contributed by atoms with Crippen LogP contribution in [0.4, 0.5) is 13.6 Å². The molecule has 2 heterocycles. The van der Waals surface area contributed by atoms with Crippen molar-refractivity contribution in [2.24, 2.45) is 0 Å². The SMILES string of the molecule is O=C(NCc1ccnc(OC(F)F)c1)N[C@H]1CCOC2(CCCC2)C1. The Morgan fingerprint density at radius 1 is 1.44 bits per heavy atom. The molecule has 0 aromatic carbocycles. The molecular formula is C17H23F2N3O3. The number of hydrogen-bond acceptors (Lipinski definition) is 4. The number of carbonyl (C=O) groups is 1. The Hall–Kier alpha value is -1.96. The van der Waals surface area contributed by atoms with Crippen LogP contribution in [0.2, 0.25) is 0 Å². The topological polar surface area (TPSA) is 72.5 Å². The summed E-state index contributed by atoms with van der Waals surface area (Å²) < 4.78 is 34.6. The van der Waals surface area contributed by atoms with Gasteiger partial charge in [0, 0.05) is 31.5 Å². The molecule has 138 valence electrons. The Morgan fingerprint density at radius 2 is 2.24 bits per heavy atom. The van der Waals surface area contributed by atoms with Crippen LogP contribution in [0.25, 0.3) is 0 Å². The smallest absolute Gasteiger partial charge is 0.388 e. The lowest BCUT2D eigenvalue weighted by atomic mass is 9.89. The zero-order valence-electron chi connectivity index (χ0n) is 14.0. The van der Waals surface area contributed by atoms with Crippen molar-refractivity contribution in [2.45, 2.75) is 63.3 Å². The number of ether oxygens (including phenoxy) is 2. The van der Waals surface area contributed by atoms with Gasteiger partial charge in [0.25, 0.3) is 0 Å². The van der Waals surface area contributed by atoms with Crippen molar-refractivity contribution in [1.82, 2.24) is 15.6 Å². The van der Waals surface area contributed by atoms with Crippen molar-refractivity contribution in [3.8, 4) is 5.88 Å². The molecule has 25 heavy (non-hydrogen) atoms. The number of carbonyl (C=O) groups excluding carboxylic acids is 1. The second-order valence-corrected chi connectivity index (χ2v) is 6.64. The molecule has 0 unspecified atom stereocenters. The fourth-order valence-corrected chi connectivity index (χ4v) is 3.65. The molecule has 1 saturated heterocycles. The molecule has 0 bridgehead atoms. The van der Waals surface area contributed by atoms with Crippen molar-refractivity contribution in [1.29, 1.82) is 0 Å². The summed E-state index contributed by atoms with van der Waals surface area (Å²) in [6.45, 7) is -2.04. The van der Waals surface area contributed by atoms with Crippen molar-refractivity contribution < 1.29 is 23.0 Å². The van der Waals surface area contributed by atoms with Gasteiger partial charge in [-0.2, -0.15) is 8.78 Å². The molecule has 3 rings (SSSR count). The Morgan fingerprint density at radius 3 is 3.00 bits per heavy atom. The van der Waals surface area contributed by atoms with Gasteiger partial charge in [-0.05, 0) is 37.3 Å². The number of rotatable bonds is 5. The van der Waals surface area contributed by atoms with Gasteiger partial charge < -0.3 is 20.1 Å². The van der Waals surface area contributed by atoms with Crippen LogP contribution in [-0.2, 0) is 11.3 Å². The van der Waals surface area contributed by atoms with Crippen LogP contribution in [0.3, 0.4) is 0 Å². The lowest BCUT2D eigenvalue weighted by molar-refractivity contribution is -0.0820. The largest absolute Gasteiger partial charge is 0.417 e. The third-order valence-corrected chi connectivity index (χ3v) is 4.81. The molecule has 1 atom stereocenters. The van der Waals surface area contributed by atoms with E-state index in [0.717, 1.165) is 25.7 Å². The summed E-state index contributed by atoms with van der Waals surface area (Å²) in [5.41, 5.74) is 0.586. The zero-order chi connectivity index (χ0) is 17.7. The number of urea groups is 1. The number of halogens is 2. The van der Waals surface area contributed by atoms with Gasteiger partial charge >= 0.3 is 12.6 Å². The van der Waals surface area contributed by atoms with Crippen LogP contribution < -0.4 is 15.4 Å². The molecule has 1 aromatic heterocycles. The summed E-state index contributed by atoms with van der Waals surface area (Å²) in [6, 6.07) is 2.85. The van der Waals surface area contributed by atoms with Gasteiger partial charge in [-0.1, -0.05) is 12.8 Å². The van der Waals surface area contributed by atoms with E-state index < -0.39 is 6.61 Å². The van der Waals surface area contributed by atoms with E-state index in [9.17, 15) is 13.6 Å². The van der Waals surface area contributed by atoms with Gasteiger partial charge in [0.05, 0.1) is 5.60 Å². The van der Waals surface area contributed by atoms with Gasteiger partial charge in [-0.3, -0.25) is 0 Å². The van der Waals surface area contributed by atoms with E-state index in [1.807, 2.05) is 0 Å². The van der Waals surface area contributed by atoms with Gasteiger partial charge in [-0.25, -0.2) is 9.78 Å². The number of hydrogen-bond donors (Lipinski definition) is 2. The highest BCUT2D eigenvalue weighted by Crippen LogP contribution is 2.39. The van der Waals surface area contributed by atoms with E-state index >= 15 is 0 Å². The molecule has 2 N–H and O–H groups in total. The molecular weight excluding hydrogens is 332 g/mol. The summed E-state index contributed by atoms with van der Waals surface area (Å²) in [5, 5.41) is 5.73. The summed E-state index contributed by atoms with van der Waals surface area (Å²) >= 11 is 0. The van der Waals surface area contributed by atoms with Crippen molar-refractivity contribution in [3.63, 3.8) is 0 Å². The number of amides is 2. The average molecular weight is 355 g/mol. The number of nitrogens with one attached hydrogen (secondary N) is 2. The van der Waals surface area contributed by atoms with E-state index in [1.165, 1.54) is 25.1 Å². The number of aromatic nitrogens is 1. The van der Waals surface area contributed by atoms with Crippen LogP contribution in [0.15, 0.2) is 18.3 Å². The summed E-state index contributed by atoms with van der Waals surface area (Å²) in [5.74, 6) is -0.165. The van der Waals surface area contributed by atoms with Crippen LogP contribution in [0, 0.1) is 0 Å². The first kappa shape index (κ1) is 17.8. The van der Waals surface area contributed by atoms with Gasteiger partial charge in [0.15, 0.2) is 0 Å². The monoisotopic (exact) mass is 355 g/mol. The second kappa shape index (κ2) is 7.95. The molecule has 8 heteroatoms. The molecule has 6 nitrogen and oxygen atoms in total. The predicted octanol–water partition coefficient (Wildman–Crippen LogP) is 2.97. The number of alkyl halides is 2. The molecule has 2 amide bonds. The predicted molar refractivity (Wildman–Crippen MR) is 86.4 cm³/mol. The molecule has 1 aromatic rings. The molecule has 1 spiro atoms. The molecule has 1 aliphatic carbocycles. The zero-order valence-corrected chi connectivity index (χ0v) is 14.0. The lowest BCUT2D eigenvalue weighted by Gasteiger charge is -2.38. The highest BCUT2D eigenvalue weighted by atomic mass is 19.3. The van der Waals surface area contributed by atoms with Crippen molar-refractivity contribution >= 4 is 6.03 Å². The quantitative estimate of drug-likeness (QED) is 0.852. The maximum Gasteiger partial charge on any atom is 0.388 e. The minimum absolute atomic E-state index is 0.0528. The maximum atomic E-state index is 12.2. The third kappa shape index (κ3) is 5.01. The normalized spacial score (nSPS) is 22.1. The molecule has 2 fully saturated rings. The molecule has 2 aliphatic rings. The number of pyridine rings is 1. The first-order valence-corrected chi connectivity index (χ1v) is 8.63. The highest BCUT2D eigenvalue weighted by molar-refractivity contribution is 5.74. The van der Waals surface area contributed by atoms with Crippen molar-refractivity contribution in [2.75, 3.05) is 6.61 Å². The fraction of sp³-hybridized carbons (Fsp3) is 0.647. The van der Waals surface area contributed by atoms with Crippen LogP contribution in [0.1, 0.15) is 44.1 Å². The fourth-order valence-electron chi connectivity index (χ4n) is 3.65. The van der Waals surface area contributed by atoms with E-state index in [-0.39, 0.29) is 30.1 Å². The van der Waals surface area contributed by atoms with Crippen molar-refractivity contribution in [3.05, 3.63) is 23.9 Å². The minimum Gasteiger partial charge on any atom is -0.417 e. The van der Waals surface area contributed by atoms with E-state index in [1.54, 1.807) is 6.07 Å². The summed E-state index contributed by atoms with van der Waals surface area (Å²) in [6.07, 6.45) is 7.52. The maximum absolute atomic E-state index is 12.2. The van der Waals surface area contributed by atoms with E-state index in [2.05, 4.69) is 20.4 Å². The van der Waals surface area contributed by atoms with Gasteiger partial charge in [0.1, 0.15) is 0 Å². The molecule has 1 saturated carbocycles. The number of nitrogens with zero attached hydrogens (tertiary/aromatic N) is 1.